The van der Waals surface area contributed by atoms with Crippen LogP contribution >= 0.6 is 0 Å². The highest BCUT2D eigenvalue weighted by molar-refractivity contribution is 4.98. The number of hydrogen-bond acceptors (Lipinski definition) is 0. The molecule has 0 heterocycles. The van der Waals surface area contributed by atoms with Gasteiger partial charge in [-0.25, -0.2) is 0 Å². The second-order valence-corrected chi connectivity index (χ2v) is 2.08. The van der Waals surface area contributed by atoms with Crippen LogP contribution in [0.15, 0.2) is 6.08 Å². The minimum absolute atomic E-state index is 0.639. The van der Waals surface area contributed by atoms with Gasteiger partial charge in [0.05, 0.1) is 0 Å². The number of rotatable bonds is 1. The normalized spacial score (nSPS) is 25.6. The zero-order chi connectivity index (χ0) is 5.82. The van der Waals surface area contributed by atoms with Crippen LogP contribution in [0.5, 0.6) is 0 Å². The van der Waals surface area contributed by atoms with Crippen molar-refractivity contribution in [2.24, 2.45) is 5.92 Å². The Hall–Kier alpha value is -0.700. The molecule has 1 aliphatic carbocycles. The van der Waals surface area contributed by atoms with E-state index >= 15 is 0 Å². The lowest BCUT2D eigenvalue weighted by Crippen LogP contribution is -1.86. The first-order chi connectivity index (χ1) is 3.93. The van der Waals surface area contributed by atoms with Crippen LogP contribution in [0, 0.1) is 24.3 Å². The summed E-state index contributed by atoms with van der Waals surface area (Å²) in [5, 5.41) is 0. The van der Waals surface area contributed by atoms with E-state index in [1.165, 1.54) is 6.42 Å². The molecule has 0 aromatic carbocycles. The Morgan fingerprint density at radius 1 is 1.88 bits per heavy atom. The molecule has 1 unspecified atom stereocenters. The molecule has 1 rings (SSSR count). The maximum atomic E-state index is 5.11. The lowest BCUT2D eigenvalue weighted by Gasteiger charge is -1.97. The predicted octanol–water partition coefficient (Wildman–Crippen LogP) is 1.78. The first-order valence-corrected chi connectivity index (χ1v) is 2.93. The Morgan fingerprint density at radius 3 is 3.25 bits per heavy atom. The summed E-state index contributed by atoms with van der Waals surface area (Å²) < 4.78 is 0. The molecule has 0 aromatic heterocycles. The van der Waals surface area contributed by atoms with E-state index in [1.54, 1.807) is 0 Å². The highest BCUT2D eigenvalue weighted by Gasteiger charge is 2.05. The quantitative estimate of drug-likeness (QED) is 0.446. The molecule has 0 bridgehead atoms. The molecule has 0 spiro atoms. The van der Waals surface area contributed by atoms with Crippen molar-refractivity contribution in [3.63, 3.8) is 0 Å². The third-order valence-electron chi connectivity index (χ3n) is 1.39. The van der Waals surface area contributed by atoms with E-state index in [1.807, 2.05) is 0 Å². The maximum absolute atomic E-state index is 5.11. The van der Waals surface area contributed by atoms with Crippen LogP contribution in [0.3, 0.4) is 0 Å². The molecule has 0 aromatic rings. The third-order valence-corrected chi connectivity index (χ3v) is 1.39. The van der Waals surface area contributed by atoms with Gasteiger partial charge in [-0.1, -0.05) is 6.08 Å². The summed E-state index contributed by atoms with van der Waals surface area (Å²) in [7, 11) is 0. The van der Waals surface area contributed by atoms with Gasteiger partial charge >= 0.3 is 0 Å². The van der Waals surface area contributed by atoms with E-state index in [9.17, 15) is 0 Å². The summed E-state index contributed by atoms with van der Waals surface area (Å²) in [6, 6.07) is 0. The van der Waals surface area contributed by atoms with Crippen molar-refractivity contribution < 1.29 is 0 Å². The standard InChI is InChI=1S/C8H9/c1-2-5-8-6-3-4-7-8/h1,7-8H,3,5-6H2. The summed E-state index contributed by atoms with van der Waals surface area (Å²) in [6.45, 7) is 0. The van der Waals surface area contributed by atoms with Crippen molar-refractivity contribution in [2.75, 3.05) is 0 Å². The van der Waals surface area contributed by atoms with Gasteiger partial charge in [0.25, 0.3) is 0 Å². The summed E-state index contributed by atoms with van der Waals surface area (Å²) in [6.07, 6.45) is 13.6. The van der Waals surface area contributed by atoms with Crippen LogP contribution in [-0.2, 0) is 0 Å². The van der Waals surface area contributed by atoms with Crippen LogP contribution in [0.1, 0.15) is 19.3 Å². The van der Waals surface area contributed by atoms with Gasteiger partial charge in [-0.05, 0) is 24.8 Å². The maximum Gasteiger partial charge on any atom is 0.0149 e. The monoisotopic (exact) mass is 105 g/mol. The van der Waals surface area contributed by atoms with Crippen molar-refractivity contribution >= 4 is 0 Å². The first-order valence-electron chi connectivity index (χ1n) is 2.93. The molecular formula is C8H9. The average molecular weight is 105 g/mol. The molecule has 41 valence electrons. The topological polar surface area (TPSA) is 0 Å². The Morgan fingerprint density at radius 2 is 2.75 bits per heavy atom. The highest BCUT2D eigenvalue weighted by Crippen LogP contribution is 2.18. The van der Waals surface area contributed by atoms with Gasteiger partial charge in [0.15, 0.2) is 0 Å². The van der Waals surface area contributed by atoms with E-state index in [2.05, 4.69) is 18.1 Å². The Balaban J connectivity index is 2.28. The molecule has 1 aliphatic rings. The summed E-state index contributed by atoms with van der Waals surface area (Å²) in [4.78, 5) is 0. The molecule has 1 atom stereocenters. The second-order valence-electron chi connectivity index (χ2n) is 2.08. The summed E-state index contributed by atoms with van der Waals surface area (Å²) in [5.74, 6) is 3.28. The Bertz CT molecular complexity index is 125. The average Bonchev–Trinajstić information content (AvgIpc) is 2.19. The van der Waals surface area contributed by atoms with Crippen molar-refractivity contribution in [3.05, 3.63) is 12.2 Å². The molecule has 0 N–H and O–H groups in total. The second kappa shape index (κ2) is 2.57. The molecule has 0 aliphatic heterocycles. The van der Waals surface area contributed by atoms with Gasteiger partial charge in [-0.2, -0.15) is 0 Å². The molecule has 0 saturated carbocycles. The van der Waals surface area contributed by atoms with E-state index < -0.39 is 0 Å². The van der Waals surface area contributed by atoms with Crippen LogP contribution < -0.4 is 0 Å². The van der Waals surface area contributed by atoms with E-state index in [-0.39, 0.29) is 0 Å². The molecule has 1 radical (unpaired) electrons. The summed E-state index contributed by atoms with van der Waals surface area (Å²) >= 11 is 0. The molecular weight excluding hydrogens is 96.1 g/mol. The largest absolute Gasteiger partial charge is 0.120 e. The minimum atomic E-state index is 0.639. The first kappa shape index (κ1) is 5.44. The van der Waals surface area contributed by atoms with E-state index in [0.717, 1.165) is 12.8 Å². The van der Waals surface area contributed by atoms with Gasteiger partial charge < -0.3 is 0 Å². The zero-order valence-electron chi connectivity index (χ0n) is 4.85. The number of allylic oxidation sites excluding steroid dienone is 2. The van der Waals surface area contributed by atoms with Crippen molar-refractivity contribution in [3.8, 4) is 12.3 Å². The lowest BCUT2D eigenvalue weighted by molar-refractivity contribution is 0.653. The van der Waals surface area contributed by atoms with Crippen LogP contribution in [0.25, 0.3) is 0 Å². The van der Waals surface area contributed by atoms with Crippen molar-refractivity contribution in [1.82, 2.24) is 0 Å². The fourth-order valence-electron chi connectivity index (χ4n) is 0.914. The van der Waals surface area contributed by atoms with Crippen molar-refractivity contribution in [1.29, 1.82) is 0 Å². The van der Waals surface area contributed by atoms with Crippen LogP contribution in [0.4, 0.5) is 0 Å². The van der Waals surface area contributed by atoms with Gasteiger partial charge in [0, 0.05) is 6.42 Å². The van der Waals surface area contributed by atoms with Crippen molar-refractivity contribution in [2.45, 2.75) is 19.3 Å². The minimum Gasteiger partial charge on any atom is -0.120 e. The number of hydrogen-bond donors (Lipinski definition) is 0. The third kappa shape index (κ3) is 1.13. The molecule has 8 heavy (non-hydrogen) atoms. The SMILES string of the molecule is C#CCC1C=[C]CC1. The Labute approximate surface area is 50.6 Å². The van der Waals surface area contributed by atoms with Crippen LogP contribution in [0.2, 0.25) is 0 Å². The molecule has 0 nitrogen and oxygen atoms in total. The number of terminal acetylenes is 1. The zero-order valence-corrected chi connectivity index (χ0v) is 4.85. The Kier molecular flexibility index (Phi) is 1.75. The molecule has 0 fully saturated rings. The molecule has 0 heteroatoms. The molecule has 0 amide bonds. The van der Waals surface area contributed by atoms with Gasteiger partial charge in [0.1, 0.15) is 0 Å². The lowest BCUT2D eigenvalue weighted by atomic mass is 10.1. The van der Waals surface area contributed by atoms with Gasteiger partial charge in [-0.3, -0.25) is 0 Å². The predicted molar refractivity (Wildman–Crippen MR) is 34.0 cm³/mol. The van der Waals surface area contributed by atoms with Crippen LogP contribution in [-0.4, -0.2) is 0 Å². The summed E-state index contributed by atoms with van der Waals surface area (Å²) in [5.41, 5.74) is 0. The highest BCUT2D eigenvalue weighted by atomic mass is 14.1. The van der Waals surface area contributed by atoms with Gasteiger partial charge in [-0.15, -0.1) is 12.3 Å². The van der Waals surface area contributed by atoms with E-state index in [0.29, 0.717) is 5.92 Å². The van der Waals surface area contributed by atoms with E-state index in [4.69, 9.17) is 6.42 Å². The van der Waals surface area contributed by atoms with Gasteiger partial charge in [0.2, 0.25) is 0 Å². The fraction of sp³-hybridized carbons (Fsp3) is 0.500. The fourth-order valence-corrected chi connectivity index (χ4v) is 0.914. The smallest absolute Gasteiger partial charge is 0.0149 e. The molecule has 0 saturated heterocycles.